The lowest BCUT2D eigenvalue weighted by molar-refractivity contribution is -0.133. The minimum atomic E-state index is -0.758. The predicted octanol–water partition coefficient (Wildman–Crippen LogP) is 2.96. The maximum Gasteiger partial charge on any atom is 0.337 e. The molecule has 0 atom stereocenters. The molecule has 0 heterocycles. The zero-order chi connectivity index (χ0) is 13.7. The molecule has 0 unspecified atom stereocenters. The van der Waals surface area contributed by atoms with Crippen molar-refractivity contribution in [2.75, 3.05) is 14.2 Å². The first-order chi connectivity index (χ1) is 8.56. The van der Waals surface area contributed by atoms with Crippen molar-refractivity contribution in [1.82, 2.24) is 0 Å². The van der Waals surface area contributed by atoms with E-state index in [4.69, 9.17) is 10.3 Å². The van der Waals surface area contributed by atoms with Crippen LogP contribution in [-0.4, -0.2) is 20.2 Å². The van der Waals surface area contributed by atoms with Crippen molar-refractivity contribution in [2.24, 2.45) is 5.11 Å². The van der Waals surface area contributed by atoms with Gasteiger partial charge in [0.25, 0.3) is 0 Å². The molecule has 1 rings (SSSR count). The van der Waals surface area contributed by atoms with Gasteiger partial charge in [-0.15, -0.1) is 0 Å². The van der Waals surface area contributed by atoms with Gasteiger partial charge >= 0.3 is 5.97 Å². The van der Waals surface area contributed by atoms with E-state index in [0.717, 1.165) is 6.07 Å². The lowest BCUT2D eigenvalue weighted by Crippen LogP contribution is -2.04. The number of hydrogen-bond donors (Lipinski definition) is 0. The van der Waals surface area contributed by atoms with Crippen LogP contribution in [0, 0.1) is 5.82 Å². The molecule has 0 saturated heterocycles. The highest BCUT2D eigenvalue weighted by atomic mass is 19.1. The van der Waals surface area contributed by atoms with Crippen molar-refractivity contribution < 1.29 is 18.7 Å². The van der Waals surface area contributed by atoms with Gasteiger partial charge in [0.2, 0.25) is 0 Å². The van der Waals surface area contributed by atoms with Crippen LogP contribution in [0.15, 0.2) is 23.8 Å². The van der Waals surface area contributed by atoms with Gasteiger partial charge in [0.1, 0.15) is 17.3 Å². The van der Waals surface area contributed by atoms with Crippen molar-refractivity contribution in [3.63, 3.8) is 0 Å². The van der Waals surface area contributed by atoms with E-state index >= 15 is 0 Å². The quantitative estimate of drug-likeness (QED) is 0.271. The Hall–Kier alpha value is -2.53. The molecule has 7 heteroatoms. The number of hydrogen-bond acceptors (Lipinski definition) is 4. The molecule has 0 aliphatic heterocycles. The van der Waals surface area contributed by atoms with Crippen LogP contribution in [0.2, 0.25) is 0 Å². The van der Waals surface area contributed by atoms with Gasteiger partial charge in [0.15, 0.2) is 0 Å². The molecule has 0 aliphatic carbocycles. The molecule has 0 aromatic heterocycles. The van der Waals surface area contributed by atoms with Gasteiger partial charge in [-0.1, -0.05) is 11.7 Å². The lowest BCUT2D eigenvalue weighted by atomic mass is 10.1. The number of halogens is 1. The fourth-order valence-electron chi connectivity index (χ4n) is 1.36. The Morgan fingerprint density at radius 1 is 1.50 bits per heavy atom. The highest BCUT2D eigenvalue weighted by Crippen LogP contribution is 2.37. The third-order valence-electron chi connectivity index (χ3n) is 2.19. The second kappa shape index (κ2) is 5.70. The van der Waals surface area contributed by atoms with Crippen LogP contribution in [0.5, 0.6) is 5.75 Å². The molecule has 1 aromatic carbocycles. The number of nitrogens with zero attached hydrogens (tertiary/aromatic N) is 3. The van der Waals surface area contributed by atoms with Gasteiger partial charge < -0.3 is 9.47 Å². The fourth-order valence-corrected chi connectivity index (χ4v) is 1.36. The molecule has 0 saturated carbocycles. The summed E-state index contributed by atoms with van der Waals surface area (Å²) >= 11 is 0. The Bertz CT molecular complexity index is 551. The zero-order valence-corrected chi connectivity index (χ0v) is 9.81. The summed E-state index contributed by atoms with van der Waals surface area (Å²) in [7, 11) is 2.46. The van der Waals surface area contributed by atoms with Crippen LogP contribution >= 0.6 is 0 Å². The molecular formula is C11H10FN3O3. The van der Waals surface area contributed by atoms with E-state index in [1.807, 2.05) is 0 Å². The van der Waals surface area contributed by atoms with Crippen molar-refractivity contribution in [1.29, 1.82) is 0 Å². The van der Waals surface area contributed by atoms with Crippen molar-refractivity contribution in [2.45, 2.75) is 0 Å². The van der Waals surface area contributed by atoms with Gasteiger partial charge in [-0.2, -0.15) is 0 Å². The second-order valence-electron chi connectivity index (χ2n) is 3.14. The van der Waals surface area contributed by atoms with Gasteiger partial charge in [-0.3, -0.25) is 0 Å². The predicted molar refractivity (Wildman–Crippen MR) is 62.8 cm³/mol. The summed E-state index contributed by atoms with van der Waals surface area (Å²) in [6.07, 6.45) is 0. The third-order valence-corrected chi connectivity index (χ3v) is 2.19. The normalized spacial score (nSPS) is 9.28. The van der Waals surface area contributed by atoms with E-state index in [0.29, 0.717) is 0 Å². The molecule has 0 radical (unpaired) electrons. The van der Waals surface area contributed by atoms with Crippen LogP contribution in [0.4, 0.5) is 10.1 Å². The first-order valence-electron chi connectivity index (χ1n) is 4.76. The Morgan fingerprint density at radius 2 is 2.17 bits per heavy atom. The zero-order valence-electron chi connectivity index (χ0n) is 9.81. The molecular weight excluding hydrogens is 241 g/mol. The first kappa shape index (κ1) is 13.5. The third kappa shape index (κ3) is 2.41. The van der Waals surface area contributed by atoms with Gasteiger partial charge in [-0.25, -0.2) is 9.18 Å². The molecule has 18 heavy (non-hydrogen) atoms. The molecule has 1 aromatic rings. The SMILES string of the molecule is C=C(C(=O)OC)c1ccc(F)c(N=[N+]=[N-])c1OC. The second-order valence-corrected chi connectivity index (χ2v) is 3.14. The molecule has 94 valence electrons. The number of methoxy groups -OCH3 is 2. The highest BCUT2D eigenvalue weighted by Gasteiger charge is 2.19. The topological polar surface area (TPSA) is 84.3 Å². The number of azide groups is 1. The van der Waals surface area contributed by atoms with Crippen LogP contribution in [0.3, 0.4) is 0 Å². The summed E-state index contributed by atoms with van der Waals surface area (Å²) in [4.78, 5) is 13.9. The average molecular weight is 251 g/mol. The Kier molecular flexibility index (Phi) is 4.28. The molecule has 6 nitrogen and oxygen atoms in total. The van der Waals surface area contributed by atoms with E-state index in [-0.39, 0.29) is 22.6 Å². The molecule has 0 aliphatic rings. The van der Waals surface area contributed by atoms with Gasteiger partial charge in [-0.05, 0) is 17.7 Å². The molecule has 0 spiro atoms. The summed E-state index contributed by atoms with van der Waals surface area (Å²) in [6.45, 7) is 3.52. The number of esters is 1. The molecule has 0 N–H and O–H groups in total. The standard InChI is InChI=1S/C11H10FN3O3/c1-6(11(16)18-3)7-4-5-8(12)9(14-15-13)10(7)17-2/h4-5H,1H2,2-3H3. The first-order valence-corrected chi connectivity index (χ1v) is 4.76. The number of carbonyl (C=O) groups is 1. The lowest BCUT2D eigenvalue weighted by Gasteiger charge is -2.12. The summed E-state index contributed by atoms with van der Waals surface area (Å²) in [6, 6.07) is 2.35. The molecule has 0 fully saturated rings. The number of carbonyl (C=O) groups excluding carboxylic acids is 1. The van der Waals surface area contributed by atoms with E-state index in [2.05, 4.69) is 21.3 Å². The minimum absolute atomic E-state index is 0.0243. The van der Waals surface area contributed by atoms with Crippen molar-refractivity contribution >= 4 is 17.2 Å². The fraction of sp³-hybridized carbons (Fsp3) is 0.182. The number of rotatable bonds is 4. The van der Waals surface area contributed by atoms with E-state index < -0.39 is 11.8 Å². The van der Waals surface area contributed by atoms with Crippen LogP contribution < -0.4 is 4.74 Å². The van der Waals surface area contributed by atoms with Gasteiger partial charge in [0, 0.05) is 10.5 Å². The largest absolute Gasteiger partial charge is 0.496 e. The Morgan fingerprint density at radius 3 is 2.67 bits per heavy atom. The van der Waals surface area contributed by atoms with Crippen molar-refractivity contribution in [3.05, 3.63) is 40.5 Å². The summed E-state index contributed by atoms with van der Waals surface area (Å²) in [5.41, 5.74) is 8.22. The highest BCUT2D eigenvalue weighted by molar-refractivity contribution is 6.16. The van der Waals surface area contributed by atoms with Crippen LogP contribution in [0.1, 0.15) is 5.56 Å². The van der Waals surface area contributed by atoms with Gasteiger partial charge in [0.05, 0.1) is 19.8 Å². The smallest absolute Gasteiger partial charge is 0.337 e. The number of benzene rings is 1. The summed E-state index contributed by atoms with van der Waals surface area (Å²) in [5.74, 6) is -1.51. The van der Waals surface area contributed by atoms with Crippen molar-refractivity contribution in [3.8, 4) is 5.75 Å². The Labute approximate surface area is 102 Å². The molecule has 0 bridgehead atoms. The molecule has 0 amide bonds. The van der Waals surface area contributed by atoms with Crippen LogP contribution in [-0.2, 0) is 9.53 Å². The monoisotopic (exact) mass is 251 g/mol. The maximum absolute atomic E-state index is 13.5. The van der Waals surface area contributed by atoms with E-state index in [1.165, 1.54) is 20.3 Å². The van der Waals surface area contributed by atoms with E-state index in [1.54, 1.807) is 0 Å². The number of ether oxygens (including phenoxy) is 2. The minimum Gasteiger partial charge on any atom is -0.496 e. The van der Waals surface area contributed by atoms with E-state index in [9.17, 15) is 9.18 Å². The van der Waals surface area contributed by atoms with Crippen LogP contribution in [0.25, 0.3) is 16.0 Å². The Balaban J connectivity index is 3.46. The maximum atomic E-state index is 13.5. The average Bonchev–Trinajstić information content (AvgIpc) is 2.39. The summed E-state index contributed by atoms with van der Waals surface area (Å²) < 4.78 is 22.9. The summed E-state index contributed by atoms with van der Waals surface area (Å²) in [5, 5.41) is 3.19.